The van der Waals surface area contributed by atoms with Crippen molar-refractivity contribution in [3.8, 4) is 5.75 Å². The fourth-order valence-electron chi connectivity index (χ4n) is 3.34. The molecule has 172 valence electrons. The van der Waals surface area contributed by atoms with Crippen LogP contribution in [0.1, 0.15) is 25.0 Å². The highest BCUT2D eigenvalue weighted by atomic mass is 127. The first kappa shape index (κ1) is 25.5. The molecule has 0 bridgehead atoms. The molecule has 0 aliphatic rings. The molecule has 3 aromatic rings. The summed E-state index contributed by atoms with van der Waals surface area (Å²) in [5.41, 5.74) is 4.42. The van der Waals surface area contributed by atoms with Gasteiger partial charge in [0.25, 0.3) is 0 Å². The lowest BCUT2D eigenvalue weighted by Crippen LogP contribution is -2.39. The first-order chi connectivity index (χ1) is 15.0. The highest BCUT2D eigenvalue weighted by Gasteiger charge is 2.04. The number of ether oxygens (including phenoxy) is 1. The third kappa shape index (κ3) is 7.74. The van der Waals surface area contributed by atoms with E-state index in [4.69, 9.17) is 4.74 Å². The molecule has 0 saturated carbocycles. The number of nitrogens with one attached hydrogen (secondary N) is 4. The zero-order chi connectivity index (χ0) is 22.1. The fourth-order valence-corrected chi connectivity index (χ4v) is 3.34. The number of amides is 1. The van der Waals surface area contributed by atoms with Crippen LogP contribution in [0.15, 0.2) is 53.7 Å². The molecule has 0 radical (unpaired) electrons. The number of hydrogen-bond donors (Lipinski definition) is 4. The number of halogens is 1. The first-order valence-corrected chi connectivity index (χ1v) is 10.6. The molecule has 0 unspecified atom stereocenters. The number of benzene rings is 2. The van der Waals surface area contributed by atoms with Gasteiger partial charge in [-0.1, -0.05) is 18.2 Å². The Morgan fingerprint density at radius 2 is 2.00 bits per heavy atom. The van der Waals surface area contributed by atoms with Crippen molar-refractivity contribution in [2.45, 2.75) is 27.2 Å². The molecular formula is C24H32IN5O2. The fraction of sp³-hybridized carbons (Fsp3) is 0.333. The zero-order valence-corrected chi connectivity index (χ0v) is 21.2. The Labute approximate surface area is 206 Å². The van der Waals surface area contributed by atoms with Crippen LogP contribution in [0.25, 0.3) is 10.9 Å². The molecule has 0 atom stereocenters. The van der Waals surface area contributed by atoms with Gasteiger partial charge in [-0.3, -0.25) is 9.79 Å². The molecule has 0 spiro atoms. The van der Waals surface area contributed by atoms with E-state index in [1.54, 1.807) is 0 Å². The maximum Gasteiger partial charge on any atom is 0.221 e. The van der Waals surface area contributed by atoms with Gasteiger partial charge in [-0.15, -0.1) is 24.0 Å². The van der Waals surface area contributed by atoms with Crippen LogP contribution in [0.4, 0.5) is 5.69 Å². The number of rotatable bonds is 9. The smallest absolute Gasteiger partial charge is 0.221 e. The van der Waals surface area contributed by atoms with E-state index in [2.05, 4.69) is 57.2 Å². The van der Waals surface area contributed by atoms with Gasteiger partial charge in [0.15, 0.2) is 5.96 Å². The summed E-state index contributed by atoms with van der Waals surface area (Å²) in [6, 6.07) is 13.8. The molecule has 3 rings (SSSR count). The minimum Gasteiger partial charge on any atom is -0.492 e. The highest BCUT2D eigenvalue weighted by Crippen LogP contribution is 2.20. The summed E-state index contributed by atoms with van der Waals surface area (Å²) in [5, 5.41) is 10.6. The monoisotopic (exact) mass is 549 g/mol. The quantitative estimate of drug-likeness (QED) is 0.139. The Bertz CT molecular complexity index is 1050. The summed E-state index contributed by atoms with van der Waals surface area (Å²) in [7, 11) is 0. The molecule has 7 nitrogen and oxygen atoms in total. The van der Waals surface area contributed by atoms with Crippen LogP contribution in [-0.4, -0.2) is 43.1 Å². The van der Waals surface area contributed by atoms with Crippen LogP contribution >= 0.6 is 24.0 Å². The molecule has 4 N–H and O–H groups in total. The van der Waals surface area contributed by atoms with Crippen molar-refractivity contribution in [2.75, 3.05) is 31.6 Å². The second-order valence-electron chi connectivity index (χ2n) is 7.36. The van der Waals surface area contributed by atoms with Crippen molar-refractivity contribution in [3.63, 3.8) is 0 Å². The number of fused-ring (bicyclic) bond motifs is 1. The Kier molecular flexibility index (Phi) is 10.3. The lowest BCUT2D eigenvalue weighted by atomic mass is 10.1. The van der Waals surface area contributed by atoms with E-state index in [1.165, 1.54) is 29.0 Å². The van der Waals surface area contributed by atoms with Gasteiger partial charge in [0.05, 0.1) is 6.54 Å². The predicted molar refractivity (Wildman–Crippen MR) is 142 cm³/mol. The lowest BCUT2D eigenvalue weighted by Gasteiger charge is -2.12. The lowest BCUT2D eigenvalue weighted by molar-refractivity contribution is -0.114. The Hall–Kier alpha value is -2.75. The molecular weight excluding hydrogens is 517 g/mol. The van der Waals surface area contributed by atoms with E-state index in [-0.39, 0.29) is 29.9 Å². The van der Waals surface area contributed by atoms with Crippen molar-refractivity contribution < 1.29 is 9.53 Å². The van der Waals surface area contributed by atoms with Gasteiger partial charge in [0, 0.05) is 48.9 Å². The number of nitrogens with zero attached hydrogens (tertiary/aromatic N) is 1. The molecule has 0 fully saturated rings. The van der Waals surface area contributed by atoms with E-state index in [0.29, 0.717) is 25.4 Å². The summed E-state index contributed by atoms with van der Waals surface area (Å²) in [4.78, 5) is 19.2. The maximum absolute atomic E-state index is 11.2. The zero-order valence-electron chi connectivity index (χ0n) is 18.8. The van der Waals surface area contributed by atoms with Crippen LogP contribution in [0.2, 0.25) is 0 Å². The SMILES string of the molecule is CCNC(=NCCc1c[nH]c2cc(C)ccc12)NCCOc1cccc(NC(C)=O)c1.I. The van der Waals surface area contributed by atoms with E-state index in [0.717, 1.165) is 24.6 Å². The number of guanidine groups is 1. The summed E-state index contributed by atoms with van der Waals surface area (Å²) in [6.07, 6.45) is 2.94. The number of carbonyl (C=O) groups excluding carboxylic acids is 1. The predicted octanol–water partition coefficient (Wildman–Crippen LogP) is 4.23. The second-order valence-corrected chi connectivity index (χ2v) is 7.36. The third-order valence-electron chi connectivity index (χ3n) is 4.74. The van der Waals surface area contributed by atoms with E-state index < -0.39 is 0 Å². The van der Waals surface area contributed by atoms with E-state index in [9.17, 15) is 4.79 Å². The van der Waals surface area contributed by atoms with Gasteiger partial charge in [-0.05, 0) is 49.6 Å². The molecule has 1 amide bonds. The normalized spacial score (nSPS) is 11.0. The number of aromatic nitrogens is 1. The number of hydrogen-bond acceptors (Lipinski definition) is 3. The number of H-pyrrole nitrogens is 1. The maximum atomic E-state index is 11.2. The van der Waals surface area contributed by atoms with Gasteiger partial charge in [0.2, 0.25) is 5.91 Å². The first-order valence-electron chi connectivity index (χ1n) is 10.6. The van der Waals surface area contributed by atoms with Gasteiger partial charge in [-0.2, -0.15) is 0 Å². The summed E-state index contributed by atoms with van der Waals surface area (Å²) >= 11 is 0. The van der Waals surface area contributed by atoms with Gasteiger partial charge >= 0.3 is 0 Å². The van der Waals surface area contributed by atoms with E-state index >= 15 is 0 Å². The van der Waals surface area contributed by atoms with Crippen molar-refractivity contribution in [1.29, 1.82) is 0 Å². The molecule has 32 heavy (non-hydrogen) atoms. The minimum atomic E-state index is -0.104. The van der Waals surface area contributed by atoms with Crippen molar-refractivity contribution in [1.82, 2.24) is 15.6 Å². The average molecular weight is 549 g/mol. The van der Waals surface area contributed by atoms with Crippen molar-refractivity contribution in [2.24, 2.45) is 4.99 Å². The topological polar surface area (TPSA) is 90.5 Å². The van der Waals surface area contributed by atoms with Crippen LogP contribution in [0, 0.1) is 6.92 Å². The largest absolute Gasteiger partial charge is 0.492 e. The van der Waals surface area contributed by atoms with Crippen LogP contribution in [0.5, 0.6) is 5.75 Å². The number of aliphatic imine (C=N–C) groups is 1. The van der Waals surface area contributed by atoms with Crippen molar-refractivity contribution >= 4 is 52.4 Å². The minimum absolute atomic E-state index is 0. The van der Waals surface area contributed by atoms with E-state index in [1.807, 2.05) is 31.2 Å². The molecule has 0 aliphatic heterocycles. The Morgan fingerprint density at radius 1 is 1.16 bits per heavy atom. The van der Waals surface area contributed by atoms with Gasteiger partial charge in [0.1, 0.15) is 12.4 Å². The highest BCUT2D eigenvalue weighted by molar-refractivity contribution is 14.0. The second kappa shape index (κ2) is 12.9. The van der Waals surface area contributed by atoms with Crippen molar-refractivity contribution in [3.05, 3.63) is 59.8 Å². The molecule has 1 heterocycles. The summed E-state index contributed by atoms with van der Waals surface area (Å²) in [6.45, 7) is 8.20. The van der Waals surface area contributed by atoms with Crippen LogP contribution < -0.4 is 20.7 Å². The third-order valence-corrected chi connectivity index (χ3v) is 4.74. The molecule has 0 saturated heterocycles. The average Bonchev–Trinajstić information content (AvgIpc) is 3.13. The summed E-state index contributed by atoms with van der Waals surface area (Å²) < 4.78 is 5.78. The number of anilines is 1. The molecule has 0 aliphatic carbocycles. The Balaban J connectivity index is 0.00000363. The Morgan fingerprint density at radius 3 is 2.78 bits per heavy atom. The van der Waals surface area contributed by atoms with Crippen LogP contribution in [-0.2, 0) is 11.2 Å². The molecule has 8 heteroatoms. The molecule has 1 aromatic heterocycles. The summed E-state index contributed by atoms with van der Waals surface area (Å²) in [5.74, 6) is 1.38. The number of aromatic amines is 1. The number of carbonyl (C=O) groups is 1. The standard InChI is InChI=1S/C24H31N5O2.HI/c1-4-25-24(26-11-10-19-16-28-23-14-17(2)8-9-22(19)23)27-12-13-31-21-7-5-6-20(15-21)29-18(3)30;/h5-9,14-16,28H,4,10-13H2,1-3H3,(H,29,30)(H2,25,26,27);1H. The molecule has 2 aromatic carbocycles. The number of aryl methyl sites for hydroxylation is 1. The van der Waals surface area contributed by atoms with Gasteiger partial charge < -0.3 is 25.7 Å². The van der Waals surface area contributed by atoms with Crippen LogP contribution in [0.3, 0.4) is 0 Å². The van der Waals surface area contributed by atoms with Gasteiger partial charge in [-0.25, -0.2) is 0 Å².